The van der Waals surface area contributed by atoms with E-state index < -0.39 is 6.09 Å². The van der Waals surface area contributed by atoms with Crippen LogP contribution < -0.4 is 10.6 Å². The van der Waals surface area contributed by atoms with Gasteiger partial charge in [-0.05, 0) is 32.8 Å². The van der Waals surface area contributed by atoms with Gasteiger partial charge in [0.2, 0.25) is 5.91 Å². The average Bonchev–Trinajstić information content (AvgIpc) is 3.29. The lowest BCUT2D eigenvalue weighted by Gasteiger charge is -2.21. The Morgan fingerprint density at radius 3 is 2.55 bits per heavy atom. The molecule has 3 amide bonds. The van der Waals surface area contributed by atoms with Crippen molar-refractivity contribution in [2.24, 2.45) is 5.92 Å². The molecule has 0 radical (unpaired) electrons. The lowest BCUT2D eigenvalue weighted by atomic mass is 10.1. The standard InChI is InChI=1S/C22H31N5O4/c1-13(2)20(28)23-10-9-16-11-15(12-26(16)22(30)31)24-21(29)19-17-7-5-6-8-18(17)27(25-19)14(3)4/h5-8,13-16H,9-12H2,1-4H3,(H,23,28)(H,24,29)(H,30,31)/t15-,16+/m0/s1. The molecular formula is C22H31N5O4. The summed E-state index contributed by atoms with van der Waals surface area (Å²) in [6, 6.07) is 7.11. The van der Waals surface area contributed by atoms with Crippen LogP contribution in [0.15, 0.2) is 24.3 Å². The Morgan fingerprint density at radius 1 is 1.19 bits per heavy atom. The SMILES string of the molecule is CC(C)C(=O)NCC[C@@H]1C[C@H](NC(=O)c2nn(C(C)C)c3ccccc23)CN1C(=O)O. The van der Waals surface area contributed by atoms with E-state index in [-0.39, 0.29) is 42.4 Å². The fourth-order valence-corrected chi connectivity index (χ4v) is 4.00. The second kappa shape index (κ2) is 9.36. The monoisotopic (exact) mass is 429 g/mol. The molecule has 1 aliphatic heterocycles. The highest BCUT2D eigenvalue weighted by Gasteiger charge is 2.36. The first kappa shape index (κ1) is 22.6. The molecule has 9 nitrogen and oxygen atoms in total. The lowest BCUT2D eigenvalue weighted by molar-refractivity contribution is -0.124. The van der Waals surface area contributed by atoms with Crippen LogP contribution in [0.25, 0.3) is 10.9 Å². The molecule has 1 aromatic heterocycles. The van der Waals surface area contributed by atoms with Crippen LogP contribution in [0.1, 0.15) is 57.1 Å². The van der Waals surface area contributed by atoms with Gasteiger partial charge in [0.1, 0.15) is 0 Å². The largest absolute Gasteiger partial charge is 0.465 e. The summed E-state index contributed by atoms with van der Waals surface area (Å²) in [5.41, 5.74) is 1.24. The zero-order chi connectivity index (χ0) is 22.7. The smallest absolute Gasteiger partial charge is 0.407 e. The summed E-state index contributed by atoms with van der Waals surface area (Å²) in [5.74, 6) is -0.483. The van der Waals surface area contributed by atoms with E-state index in [9.17, 15) is 19.5 Å². The zero-order valence-corrected chi connectivity index (χ0v) is 18.5. The van der Waals surface area contributed by atoms with Crippen LogP contribution in [0, 0.1) is 5.92 Å². The Balaban J connectivity index is 1.69. The number of hydrogen-bond donors (Lipinski definition) is 3. The van der Waals surface area contributed by atoms with Gasteiger partial charge >= 0.3 is 6.09 Å². The van der Waals surface area contributed by atoms with Gasteiger partial charge in [-0.2, -0.15) is 5.10 Å². The molecule has 168 valence electrons. The number of carbonyl (C=O) groups is 3. The highest BCUT2D eigenvalue weighted by atomic mass is 16.4. The molecule has 0 aliphatic carbocycles. The molecule has 0 bridgehead atoms. The van der Waals surface area contributed by atoms with E-state index in [1.807, 2.05) is 56.6 Å². The molecule has 0 saturated carbocycles. The number of aromatic nitrogens is 2. The van der Waals surface area contributed by atoms with Crippen LogP contribution in [0.4, 0.5) is 4.79 Å². The van der Waals surface area contributed by atoms with Gasteiger partial charge in [0.25, 0.3) is 5.91 Å². The first-order valence-electron chi connectivity index (χ1n) is 10.7. The summed E-state index contributed by atoms with van der Waals surface area (Å²) in [7, 11) is 0. The third-order valence-electron chi connectivity index (χ3n) is 5.61. The van der Waals surface area contributed by atoms with Crippen LogP contribution in [-0.4, -0.2) is 62.9 Å². The van der Waals surface area contributed by atoms with E-state index in [1.54, 1.807) is 0 Å². The van der Waals surface area contributed by atoms with Crippen LogP contribution in [0.5, 0.6) is 0 Å². The van der Waals surface area contributed by atoms with E-state index >= 15 is 0 Å². The summed E-state index contributed by atoms with van der Waals surface area (Å²) < 4.78 is 1.82. The zero-order valence-electron chi connectivity index (χ0n) is 18.5. The van der Waals surface area contributed by atoms with Crippen molar-refractivity contribution >= 4 is 28.8 Å². The van der Waals surface area contributed by atoms with Gasteiger partial charge in [0.15, 0.2) is 5.69 Å². The number of nitrogens with zero attached hydrogens (tertiary/aromatic N) is 3. The quantitative estimate of drug-likeness (QED) is 0.626. The van der Waals surface area contributed by atoms with Crippen molar-refractivity contribution in [2.75, 3.05) is 13.1 Å². The maximum absolute atomic E-state index is 13.0. The summed E-state index contributed by atoms with van der Waals surface area (Å²) >= 11 is 0. The first-order valence-corrected chi connectivity index (χ1v) is 10.7. The predicted octanol–water partition coefficient (Wildman–Crippen LogP) is 2.63. The second-order valence-corrected chi connectivity index (χ2v) is 8.63. The first-order chi connectivity index (χ1) is 14.7. The molecule has 1 aromatic carbocycles. The Hall–Kier alpha value is -3.10. The molecule has 0 unspecified atom stereocenters. The number of nitrogens with one attached hydrogen (secondary N) is 2. The molecule has 2 heterocycles. The third kappa shape index (κ3) is 4.98. The Labute approximate surface area is 181 Å². The number of para-hydroxylation sites is 1. The van der Waals surface area contributed by atoms with E-state index in [4.69, 9.17) is 0 Å². The maximum atomic E-state index is 13.0. The molecule has 2 atom stereocenters. The van der Waals surface area contributed by atoms with Gasteiger partial charge < -0.3 is 20.6 Å². The van der Waals surface area contributed by atoms with Gasteiger partial charge in [-0.25, -0.2) is 4.79 Å². The normalized spacial score (nSPS) is 18.7. The van der Waals surface area contributed by atoms with E-state index in [0.717, 1.165) is 10.9 Å². The molecular weight excluding hydrogens is 398 g/mol. The maximum Gasteiger partial charge on any atom is 0.407 e. The summed E-state index contributed by atoms with van der Waals surface area (Å²) in [6.45, 7) is 8.24. The number of likely N-dealkylation sites (tertiary alicyclic amines) is 1. The lowest BCUT2D eigenvalue weighted by Crippen LogP contribution is -2.39. The molecule has 3 N–H and O–H groups in total. The number of hydrogen-bond acceptors (Lipinski definition) is 4. The Bertz CT molecular complexity index is 968. The van der Waals surface area contributed by atoms with Crippen LogP contribution in [0.3, 0.4) is 0 Å². The molecule has 1 aliphatic rings. The number of rotatable bonds is 7. The third-order valence-corrected chi connectivity index (χ3v) is 5.61. The van der Waals surface area contributed by atoms with Crippen molar-refractivity contribution in [3.63, 3.8) is 0 Å². The molecule has 9 heteroatoms. The summed E-state index contributed by atoms with van der Waals surface area (Å²) in [6.07, 6.45) is -0.0213. The van der Waals surface area contributed by atoms with Crippen LogP contribution >= 0.6 is 0 Å². The van der Waals surface area contributed by atoms with Crippen molar-refractivity contribution in [3.8, 4) is 0 Å². The Kier molecular flexibility index (Phi) is 6.82. The van der Waals surface area contributed by atoms with Gasteiger partial charge in [-0.15, -0.1) is 0 Å². The molecule has 0 spiro atoms. The van der Waals surface area contributed by atoms with Crippen LogP contribution in [-0.2, 0) is 4.79 Å². The van der Waals surface area contributed by atoms with Gasteiger partial charge in [0.05, 0.1) is 5.52 Å². The molecule has 1 fully saturated rings. The minimum atomic E-state index is -1.02. The number of benzene rings is 1. The molecule has 2 aromatic rings. The van der Waals surface area contributed by atoms with Crippen LogP contribution in [0.2, 0.25) is 0 Å². The predicted molar refractivity (Wildman–Crippen MR) is 117 cm³/mol. The minimum absolute atomic E-state index is 0.0580. The van der Waals surface area contributed by atoms with Crippen molar-refractivity contribution < 1.29 is 19.5 Å². The second-order valence-electron chi connectivity index (χ2n) is 8.63. The minimum Gasteiger partial charge on any atom is -0.465 e. The van der Waals surface area contributed by atoms with E-state index in [1.165, 1.54) is 4.90 Å². The summed E-state index contributed by atoms with van der Waals surface area (Å²) in [5, 5.41) is 20.6. The van der Waals surface area contributed by atoms with E-state index in [0.29, 0.717) is 25.1 Å². The van der Waals surface area contributed by atoms with Gasteiger partial charge in [-0.1, -0.05) is 32.0 Å². The van der Waals surface area contributed by atoms with Gasteiger partial charge in [-0.3, -0.25) is 14.3 Å². The van der Waals surface area contributed by atoms with Gasteiger partial charge in [0, 0.05) is 42.5 Å². The fourth-order valence-electron chi connectivity index (χ4n) is 4.00. The van der Waals surface area contributed by atoms with Crippen molar-refractivity contribution in [2.45, 2.75) is 58.7 Å². The Morgan fingerprint density at radius 2 is 1.90 bits per heavy atom. The highest BCUT2D eigenvalue weighted by molar-refractivity contribution is 6.05. The van der Waals surface area contributed by atoms with Crippen molar-refractivity contribution in [1.82, 2.24) is 25.3 Å². The number of carbonyl (C=O) groups excluding carboxylic acids is 2. The average molecular weight is 430 g/mol. The number of fused-ring (bicyclic) bond motifs is 1. The number of amides is 3. The van der Waals surface area contributed by atoms with E-state index in [2.05, 4.69) is 15.7 Å². The summed E-state index contributed by atoms with van der Waals surface area (Å²) in [4.78, 5) is 37.8. The molecule has 31 heavy (non-hydrogen) atoms. The molecule has 3 rings (SSSR count). The number of carboxylic acid groups (broad SMARTS) is 1. The van der Waals surface area contributed by atoms with Crippen molar-refractivity contribution in [3.05, 3.63) is 30.0 Å². The molecule has 1 saturated heterocycles. The highest BCUT2D eigenvalue weighted by Crippen LogP contribution is 2.24. The van der Waals surface area contributed by atoms with Crippen molar-refractivity contribution in [1.29, 1.82) is 0 Å². The fraction of sp³-hybridized carbons (Fsp3) is 0.545. The topological polar surface area (TPSA) is 117 Å².